The molecule has 0 aliphatic carbocycles. The number of aryl methyl sites for hydroxylation is 2. The number of nitrogens with zero attached hydrogens (tertiary/aromatic N) is 2. The van der Waals surface area contributed by atoms with Crippen LogP contribution in [-0.2, 0) is 0 Å². The third-order valence-electron chi connectivity index (χ3n) is 3.23. The molecule has 1 aromatic carbocycles. The molecular weight excluding hydrogens is 222 g/mol. The molecule has 0 unspecified atom stereocenters. The second-order valence-electron chi connectivity index (χ2n) is 5.03. The van der Waals surface area contributed by atoms with Crippen molar-refractivity contribution < 1.29 is 0 Å². The number of aromatic nitrogens is 2. The van der Waals surface area contributed by atoms with Gasteiger partial charge in [-0.15, -0.1) is 10.2 Å². The van der Waals surface area contributed by atoms with Gasteiger partial charge in [0.05, 0.1) is 5.69 Å². The minimum atomic E-state index is 0.497. The van der Waals surface area contributed by atoms with Crippen molar-refractivity contribution in [3.8, 4) is 11.3 Å². The van der Waals surface area contributed by atoms with Gasteiger partial charge in [-0.1, -0.05) is 26.0 Å². The summed E-state index contributed by atoms with van der Waals surface area (Å²) in [6.07, 6.45) is 0. The molecule has 94 valence electrons. The molecular formula is C15H19N3. The number of benzene rings is 1. The molecule has 0 radical (unpaired) electrons. The van der Waals surface area contributed by atoms with E-state index in [-0.39, 0.29) is 0 Å². The molecule has 0 atom stereocenters. The first-order valence-electron chi connectivity index (χ1n) is 6.19. The van der Waals surface area contributed by atoms with Crippen molar-refractivity contribution in [2.24, 2.45) is 0 Å². The third-order valence-corrected chi connectivity index (χ3v) is 3.23. The van der Waals surface area contributed by atoms with E-state index in [0.29, 0.717) is 11.7 Å². The van der Waals surface area contributed by atoms with Gasteiger partial charge >= 0.3 is 0 Å². The summed E-state index contributed by atoms with van der Waals surface area (Å²) in [5.74, 6) is 1.00. The molecule has 3 heteroatoms. The van der Waals surface area contributed by atoms with E-state index in [4.69, 9.17) is 5.73 Å². The highest BCUT2D eigenvalue weighted by molar-refractivity contribution is 5.65. The van der Waals surface area contributed by atoms with Crippen molar-refractivity contribution >= 4 is 5.82 Å². The Morgan fingerprint density at radius 3 is 2.33 bits per heavy atom. The SMILES string of the molecule is Cc1ccc(C(C)C)cc1-c1cc(C)c(N)nn1. The minimum Gasteiger partial charge on any atom is -0.382 e. The van der Waals surface area contributed by atoms with Crippen molar-refractivity contribution in [1.82, 2.24) is 10.2 Å². The normalized spacial score (nSPS) is 10.9. The van der Waals surface area contributed by atoms with Gasteiger partial charge in [0.25, 0.3) is 0 Å². The number of hydrogen-bond acceptors (Lipinski definition) is 3. The van der Waals surface area contributed by atoms with Gasteiger partial charge in [-0.2, -0.15) is 0 Å². The molecule has 2 aromatic rings. The molecule has 0 fully saturated rings. The molecule has 3 nitrogen and oxygen atoms in total. The lowest BCUT2D eigenvalue weighted by Crippen LogP contribution is -1.99. The summed E-state index contributed by atoms with van der Waals surface area (Å²) in [6.45, 7) is 8.42. The topological polar surface area (TPSA) is 51.8 Å². The molecule has 2 N–H and O–H groups in total. The molecule has 1 aromatic heterocycles. The van der Waals surface area contributed by atoms with E-state index >= 15 is 0 Å². The van der Waals surface area contributed by atoms with Crippen LogP contribution in [0.1, 0.15) is 36.5 Å². The highest BCUT2D eigenvalue weighted by Crippen LogP contribution is 2.26. The largest absolute Gasteiger partial charge is 0.382 e. The fourth-order valence-electron chi connectivity index (χ4n) is 1.90. The summed E-state index contributed by atoms with van der Waals surface area (Å²) >= 11 is 0. The predicted molar refractivity (Wildman–Crippen MR) is 75.4 cm³/mol. The molecule has 0 saturated heterocycles. The number of hydrogen-bond donors (Lipinski definition) is 1. The molecule has 0 amide bonds. The van der Waals surface area contributed by atoms with Crippen LogP contribution in [0.15, 0.2) is 24.3 Å². The average molecular weight is 241 g/mol. The van der Waals surface area contributed by atoms with Crippen molar-refractivity contribution in [3.63, 3.8) is 0 Å². The summed E-state index contributed by atoms with van der Waals surface area (Å²) in [6, 6.07) is 8.49. The van der Waals surface area contributed by atoms with Crippen molar-refractivity contribution in [3.05, 3.63) is 41.0 Å². The van der Waals surface area contributed by atoms with E-state index in [1.807, 2.05) is 13.0 Å². The number of rotatable bonds is 2. The van der Waals surface area contributed by atoms with Crippen LogP contribution in [0.25, 0.3) is 11.3 Å². The van der Waals surface area contributed by atoms with Gasteiger partial charge in [0, 0.05) is 5.56 Å². The van der Waals surface area contributed by atoms with Gasteiger partial charge in [0.15, 0.2) is 0 Å². The molecule has 2 rings (SSSR count). The van der Waals surface area contributed by atoms with Crippen LogP contribution in [0.2, 0.25) is 0 Å². The maximum atomic E-state index is 5.71. The Bertz CT molecular complexity index is 574. The van der Waals surface area contributed by atoms with Gasteiger partial charge in [0.1, 0.15) is 5.82 Å². The van der Waals surface area contributed by atoms with Gasteiger partial charge in [0.2, 0.25) is 0 Å². The highest BCUT2D eigenvalue weighted by atomic mass is 15.1. The Balaban J connectivity index is 2.55. The van der Waals surface area contributed by atoms with Gasteiger partial charge in [-0.05, 0) is 48.6 Å². The molecule has 1 heterocycles. The second-order valence-corrected chi connectivity index (χ2v) is 5.03. The van der Waals surface area contributed by atoms with Crippen molar-refractivity contribution in [1.29, 1.82) is 0 Å². The van der Waals surface area contributed by atoms with E-state index in [2.05, 4.69) is 49.2 Å². The Labute approximate surface area is 108 Å². The van der Waals surface area contributed by atoms with Gasteiger partial charge in [-0.3, -0.25) is 0 Å². The first kappa shape index (κ1) is 12.6. The summed E-state index contributed by atoms with van der Waals surface area (Å²) in [5.41, 5.74) is 11.2. The van der Waals surface area contributed by atoms with Crippen LogP contribution in [0, 0.1) is 13.8 Å². The van der Waals surface area contributed by atoms with Crippen LogP contribution in [0.5, 0.6) is 0 Å². The fourth-order valence-corrected chi connectivity index (χ4v) is 1.90. The molecule has 0 bridgehead atoms. The Morgan fingerprint density at radius 2 is 1.72 bits per heavy atom. The zero-order valence-corrected chi connectivity index (χ0v) is 11.4. The maximum Gasteiger partial charge on any atom is 0.149 e. The van der Waals surface area contributed by atoms with Gasteiger partial charge in [-0.25, -0.2) is 0 Å². The zero-order chi connectivity index (χ0) is 13.3. The van der Waals surface area contributed by atoms with E-state index < -0.39 is 0 Å². The van der Waals surface area contributed by atoms with E-state index in [9.17, 15) is 0 Å². The smallest absolute Gasteiger partial charge is 0.149 e. The minimum absolute atomic E-state index is 0.497. The predicted octanol–water partition coefficient (Wildman–Crippen LogP) is 3.47. The molecule has 0 aliphatic heterocycles. The quantitative estimate of drug-likeness (QED) is 0.876. The van der Waals surface area contributed by atoms with E-state index in [1.165, 1.54) is 11.1 Å². The first-order valence-corrected chi connectivity index (χ1v) is 6.19. The molecule has 0 aliphatic rings. The van der Waals surface area contributed by atoms with Crippen LogP contribution in [0.3, 0.4) is 0 Å². The lowest BCUT2D eigenvalue weighted by atomic mass is 9.96. The van der Waals surface area contributed by atoms with Crippen LogP contribution in [-0.4, -0.2) is 10.2 Å². The van der Waals surface area contributed by atoms with Gasteiger partial charge < -0.3 is 5.73 Å². The highest BCUT2D eigenvalue weighted by Gasteiger charge is 2.08. The summed E-state index contributed by atoms with van der Waals surface area (Å²) in [7, 11) is 0. The zero-order valence-electron chi connectivity index (χ0n) is 11.4. The van der Waals surface area contributed by atoms with Crippen LogP contribution >= 0.6 is 0 Å². The Morgan fingerprint density at radius 1 is 1.00 bits per heavy atom. The summed E-state index contributed by atoms with van der Waals surface area (Å²) < 4.78 is 0. The molecule has 0 saturated carbocycles. The Hall–Kier alpha value is -1.90. The third kappa shape index (κ3) is 2.35. The molecule has 0 spiro atoms. The fraction of sp³-hybridized carbons (Fsp3) is 0.333. The first-order chi connectivity index (χ1) is 8.49. The number of anilines is 1. The van der Waals surface area contributed by atoms with Crippen molar-refractivity contribution in [2.45, 2.75) is 33.6 Å². The lowest BCUT2D eigenvalue weighted by Gasteiger charge is -2.11. The van der Waals surface area contributed by atoms with E-state index in [0.717, 1.165) is 16.8 Å². The second kappa shape index (κ2) is 4.77. The van der Waals surface area contributed by atoms with Crippen LogP contribution < -0.4 is 5.73 Å². The number of nitrogen functional groups attached to an aromatic ring is 1. The monoisotopic (exact) mass is 241 g/mol. The van der Waals surface area contributed by atoms with Crippen molar-refractivity contribution in [2.75, 3.05) is 5.73 Å². The van der Waals surface area contributed by atoms with E-state index in [1.54, 1.807) is 0 Å². The lowest BCUT2D eigenvalue weighted by molar-refractivity contribution is 0.866. The average Bonchev–Trinajstić information content (AvgIpc) is 2.33. The molecule has 18 heavy (non-hydrogen) atoms. The standard InChI is InChI=1S/C15H19N3/c1-9(2)12-6-5-10(3)13(8-12)14-7-11(4)15(16)18-17-14/h5-9H,1-4H3,(H2,16,18). The van der Waals surface area contributed by atoms with Crippen LogP contribution in [0.4, 0.5) is 5.82 Å². The maximum absolute atomic E-state index is 5.71. The Kier molecular flexibility index (Phi) is 3.32. The summed E-state index contributed by atoms with van der Waals surface area (Å²) in [5, 5.41) is 8.19. The number of nitrogens with two attached hydrogens (primary N) is 1. The summed E-state index contributed by atoms with van der Waals surface area (Å²) in [4.78, 5) is 0.